The Kier molecular flexibility index (Phi) is 5.70. The molecule has 2 heteroatoms. The molecule has 2 aromatic heterocycles. The molecule has 9 aromatic carbocycles. The highest BCUT2D eigenvalue weighted by molar-refractivity contribution is 6.16. The summed E-state index contributed by atoms with van der Waals surface area (Å²) in [5.41, 5.74) is 12.1. The maximum absolute atomic E-state index is 3.58. The second-order valence-corrected chi connectivity index (χ2v) is 13.5. The van der Waals surface area contributed by atoms with E-state index in [0.717, 1.165) is 0 Å². The van der Waals surface area contributed by atoms with Gasteiger partial charge in [-0.1, -0.05) is 109 Å². The molecule has 0 unspecified atom stereocenters. The summed E-state index contributed by atoms with van der Waals surface area (Å²) in [5, 5.41) is 12.5. The van der Waals surface area contributed by atoms with Crippen molar-refractivity contribution in [1.29, 1.82) is 0 Å². The van der Waals surface area contributed by atoms with Crippen molar-refractivity contribution in [2.75, 3.05) is 0 Å². The van der Waals surface area contributed by atoms with Crippen molar-refractivity contribution in [2.45, 2.75) is 0 Å². The number of H-pyrrole nitrogens is 2. The van der Waals surface area contributed by atoms with E-state index in [9.17, 15) is 0 Å². The molecule has 0 amide bonds. The average molecular weight is 635 g/mol. The monoisotopic (exact) mass is 634 g/mol. The number of fused-ring (bicyclic) bond motifs is 9. The van der Waals surface area contributed by atoms with Crippen molar-refractivity contribution < 1.29 is 0 Å². The van der Waals surface area contributed by atoms with Gasteiger partial charge in [-0.05, 0) is 126 Å². The van der Waals surface area contributed by atoms with Crippen molar-refractivity contribution >= 4 is 75.9 Å². The number of para-hydroxylation sites is 2. The van der Waals surface area contributed by atoms with Crippen LogP contribution >= 0.6 is 0 Å². The van der Waals surface area contributed by atoms with Gasteiger partial charge >= 0.3 is 0 Å². The molecule has 0 aliphatic rings. The summed E-state index contributed by atoms with van der Waals surface area (Å²) in [6, 6.07) is 62.6. The van der Waals surface area contributed by atoms with Crippen LogP contribution in [0.4, 0.5) is 0 Å². The predicted molar refractivity (Wildman–Crippen MR) is 214 cm³/mol. The predicted octanol–water partition coefficient (Wildman–Crippen LogP) is 13.4. The van der Waals surface area contributed by atoms with Crippen LogP contribution in [0.3, 0.4) is 0 Å². The first kappa shape index (κ1) is 27.3. The lowest BCUT2D eigenvalue weighted by Gasteiger charge is -2.16. The van der Waals surface area contributed by atoms with Crippen molar-refractivity contribution in [3.8, 4) is 33.4 Å². The minimum absolute atomic E-state index is 1.17. The zero-order chi connectivity index (χ0) is 32.8. The molecule has 2 heterocycles. The molecule has 0 spiro atoms. The topological polar surface area (TPSA) is 31.6 Å². The zero-order valence-electron chi connectivity index (χ0n) is 27.2. The normalized spacial score (nSPS) is 12.0. The first-order chi connectivity index (χ1) is 24.7. The second kappa shape index (κ2) is 10.4. The van der Waals surface area contributed by atoms with Gasteiger partial charge in [0.25, 0.3) is 0 Å². The number of aromatic amines is 2. The van der Waals surface area contributed by atoms with Crippen LogP contribution in [-0.4, -0.2) is 9.97 Å². The Balaban J connectivity index is 1.13. The van der Waals surface area contributed by atoms with E-state index in [1.165, 1.54) is 109 Å². The molecular formula is C48H30N2. The molecular weight excluding hydrogens is 605 g/mol. The number of benzene rings is 9. The largest absolute Gasteiger partial charge is 0.355 e. The van der Waals surface area contributed by atoms with E-state index in [1.54, 1.807) is 0 Å². The van der Waals surface area contributed by atoms with Gasteiger partial charge in [-0.25, -0.2) is 0 Å². The molecule has 11 rings (SSSR count). The van der Waals surface area contributed by atoms with Crippen LogP contribution in [-0.2, 0) is 0 Å². The van der Waals surface area contributed by atoms with Crippen LogP contribution in [0, 0.1) is 0 Å². The Morgan fingerprint density at radius 3 is 1.42 bits per heavy atom. The quantitative estimate of drug-likeness (QED) is 0.181. The third kappa shape index (κ3) is 4.15. The Labute approximate surface area is 288 Å². The van der Waals surface area contributed by atoms with Crippen LogP contribution in [0.2, 0.25) is 0 Å². The summed E-state index contributed by atoms with van der Waals surface area (Å²) in [6.45, 7) is 0. The smallest absolute Gasteiger partial charge is 0.0465 e. The van der Waals surface area contributed by atoms with E-state index in [0.29, 0.717) is 0 Å². The number of hydrogen-bond donors (Lipinski definition) is 2. The maximum Gasteiger partial charge on any atom is 0.0465 e. The van der Waals surface area contributed by atoms with Gasteiger partial charge in [0.15, 0.2) is 0 Å². The van der Waals surface area contributed by atoms with Gasteiger partial charge in [0.1, 0.15) is 0 Å². The Morgan fingerprint density at radius 1 is 0.240 bits per heavy atom. The van der Waals surface area contributed by atoms with Crippen molar-refractivity contribution in [3.63, 3.8) is 0 Å². The van der Waals surface area contributed by atoms with Crippen LogP contribution in [0.5, 0.6) is 0 Å². The number of rotatable bonds is 3. The molecule has 0 saturated carbocycles. The van der Waals surface area contributed by atoms with Crippen LogP contribution in [0.1, 0.15) is 0 Å². The van der Waals surface area contributed by atoms with Gasteiger partial charge in [0.05, 0.1) is 0 Å². The molecule has 11 aromatic rings. The van der Waals surface area contributed by atoms with Crippen LogP contribution < -0.4 is 0 Å². The summed E-state index contributed by atoms with van der Waals surface area (Å²) >= 11 is 0. The Morgan fingerprint density at radius 2 is 0.720 bits per heavy atom. The second-order valence-electron chi connectivity index (χ2n) is 13.5. The molecule has 2 N–H and O–H groups in total. The van der Waals surface area contributed by atoms with E-state index in [-0.39, 0.29) is 0 Å². The van der Waals surface area contributed by atoms with E-state index < -0.39 is 0 Å². The maximum atomic E-state index is 3.58. The van der Waals surface area contributed by atoms with Crippen molar-refractivity contribution in [2.24, 2.45) is 0 Å². The van der Waals surface area contributed by atoms with Gasteiger partial charge in [-0.15, -0.1) is 0 Å². The van der Waals surface area contributed by atoms with Crippen LogP contribution in [0.15, 0.2) is 170 Å². The molecule has 232 valence electrons. The molecule has 0 aliphatic carbocycles. The van der Waals surface area contributed by atoms with Crippen molar-refractivity contribution in [1.82, 2.24) is 9.97 Å². The minimum Gasteiger partial charge on any atom is -0.355 e. The van der Waals surface area contributed by atoms with Gasteiger partial charge in [0.2, 0.25) is 0 Å². The lowest BCUT2D eigenvalue weighted by molar-refractivity contribution is 1.54. The molecule has 0 atom stereocenters. The van der Waals surface area contributed by atoms with Gasteiger partial charge < -0.3 is 9.97 Å². The minimum atomic E-state index is 1.17. The average Bonchev–Trinajstić information content (AvgIpc) is 3.74. The number of hydrogen-bond acceptors (Lipinski definition) is 0. The van der Waals surface area contributed by atoms with Gasteiger partial charge in [-0.3, -0.25) is 0 Å². The van der Waals surface area contributed by atoms with E-state index in [1.807, 2.05) is 0 Å². The first-order valence-electron chi connectivity index (χ1n) is 17.2. The fraction of sp³-hybridized carbons (Fsp3) is 0. The Bertz CT molecular complexity index is 3160. The van der Waals surface area contributed by atoms with Gasteiger partial charge in [0, 0.05) is 43.6 Å². The molecule has 0 aliphatic heterocycles. The van der Waals surface area contributed by atoms with E-state index >= 15 is 0 Å². The summed E-state index contributed by atoms with van der Waals surface area (Å²) < 4.78 is 0. The summed E-state index contributed by atoms with van der Waals surface area (Å²) in [5.74, 6) is 0. The van der Waals surface area contributed by atoms with E-state index in [4.69, 9.17) is 0 Å². The third-order valence-corrected chi connectivity index (χ3v) is 10.7. The highest BCUT2D eigenvalue weighted by Crippen LogP contribution is 2.41. The lowest BCUT2D eigenvalue weighted by Crippen LogP contribution is -1.89. The molecule has 0 saturated heterocycles. The molecule has 50 heavy (non-hydrogen) atoms. The summed E-state index contributed by atoms with van der Waals surface area (Å²) in [6.07, 6.45) is 0. The molecule has 0 fully saturated rings. The zero-order valence-corrected chi connectivity index (χ0v) is 27.2. The number of aromatic nitrogens is 2. The fourth-order valence-corrected chi connectivity index (χ4v) is 8.19. The highest BCUT2D eigenvalue weighted by atomic mass is 14.7. The molecule has 0 bridgehead atoms. The number of nitrogens with one attached hydrogen (secondary N) is 2. The SMILES string of the molecule is c1ccc2cc(-c3c4ccc(-c5ccc6[nH]c7ccccc7c6c5)cc4cc4ccc(-c5ccc6[nH]c7ccccc7c6c5)cc34)ccc2c1. The standard InChI is InChI=1S/C48H30N2/c1-2-8-30-23-36(16-13-29(30)7-1)48-38-20-17-31(33-18-21-46-42(27-33)39-9-3-5-11-44(39)49-46)24-37(38)25-35-15-14-32(26-41(35)48)34-19-22-47-43(28-34)40-10-4-6-12-45(40)50-47/h1-28,49-50H. The van der Waals surface area contributed by atoms with Crippen molar-refractivity contribution in [3.05, 3.63) is 170 Å². The van der Waals surface area contributed by atoms with E-state index in [2.05, 4.69) is 180 Å². The fourth-order valence-electron chi connectivity index (χ4n) is 8.19. The third-order valence-electron chi connectivity index (χ3n) is 10.7. The summed E-state index contributed by atoms with van der Waals surface area (Å²) in [4.78, 5) is 7.16. The van der Waals surface area contributed by atoms with Crippen LogP contribution in [0.25, 0.3) is 109 Å². The highest BCUT2D eigenvalue weighted by Gasteiger charge is 2.15. The first-order valence-corrected chi connectivity index (χ1v) is 17.2. The van der Waals surface area contributed by atoms with Gasteiger partial charge in [-0.2, -0.15) is 0 Å². The molecule has 0 radical (unpaired) electrons. The lowest BCUT2D eigenvalue weighted by atomic mass is 9.88. The summed E-state index contributed by atoms with van der Waals surface area (Å²) in [7, 11) is 0. The molecule has 2 nitrogen and oxygen atoms in total. The Hall–Kier alpha value is -6.64.